The summed E-state index contributed by atoms with van der Waals surface area (Å²) in [4.78, 5) is 12.3. The molecule has 1 saturated carbocycles. The maximum atomic E-state index is 12.3. The highest BCUT2D eigenvalue weighted by Crippen LogP contribution is 2.28. The van der Waals surface area contributed by atoms with Crippen LogP contribution in [0.15, 0.2) is 18.2 Å². The first-order chi connectivity index (χ1) is 11.1. The molecule has 0 radical (unpaired) electrons. The SMILES string of the molecule is COCCOC1CCC(C(=O)Nc2ccc(C#N)c(Cl)c2)CC1. The number of nitrogens with zero attached hydrogens (tertiary/aromatic N) is 1. The summed E-state index contributed by atoms with van der Waals surface area (Å²) in [6, 6.07) is 6.91. The Balaban J connectivity index is 1.81. The highest BCUT2D eigenvalue weighted by Gasteiger charge is 2.26. The van der Waals surface area contributed by atoms with Gasteiger partial charge < -0.3 is 14.8 Å². The summed E-state index contributed by atoms with van der Waals surface area (Å²) in [5, 5.41) is 12.1. The minimum absolute atomic E-state index is 0.00103. The van der Waals surface area contributed by atoms with Gasteiger partial charge in [0.25, 0.3) is 0 Å². The Labute approximate surface area is 141 Å². The fourth-order valence-corrected chi connectivity index (χ4v) is 2.94. The first-order valence-corrected chi connectivity index (χ1v) is 8.13. The Morgan fingerprint density at radius 2 is 2.09 bits per heavy atom. The molecule has 1 aromatic carbocycles. The standard InChI is InChI=1S/C17H21ClN2O3/c1-22-8-9-23-15-6-3-12(4-7-15)17(21)20-14-5-2-13(11-19)16(18)10-14/h2,5,10,12,15H,3-4,6-9H2,1H3,(H,20,21). The Bertz CT molecular complexity index is 578. The van der Waals surface area contributed by atoms with Crippen LogP contribution in [0.1, 0.15) is 31.2 Å². The summed E-state index contributed by atoms with van der Waals surface area (Å²) < 4.78 is 10.7. The van der Waals surface area contributed by atoms with Gasteiger partial charge >= 0.3 is 0 Å². The minimum Gasteiger partial charge on any atom is -0.382 e. The molecular weight excluding hydrogens is 316 g/mol. The molecule has 1 fully saturated rings. The van der Waals surface area contributed by atoms with Crippen LogP contribution >= 0.6 is 11.6 Å². The molecule has 1 aromatic rings. The number of hydrogen-bond donors (Lipinski definition) is 1. The fourth-order valence-electron chi connectivity index (χ4n) is 2.72. The van der Waals surface area contributed by atoms with Crippen LogP contribution in [0.5, 0.6) is 0 Å². The van der Waals surface area contributed by atoms with E-state index in [9.17, 15) is 4.79 Å². The molecule has 1 amide bonds. The monoisotopic (exact) mass is 336 g/mol. The highest BCUT2D eigenvalue weighted by molar-refractivity contribution is 6.32. The van der Waals surface area contributed by atoms with Crippen LogP contribution in [0, 0.1) is 17.2 Å². The van der Waals surface area contributed by atoms with Crippen LogP contribution in [0.3, 0.4) is 0 Å². The van der Waals surface area contributed by atoms with Crippen molar-refractivity contribution in [3.05, 3.63) is 28.8 Å². The predicted octanol–water partition coefficient (Wildman–Crippen LogP) is 3.37. The van der Waals surface area contributed by atoms with E-state index >= 15 is 0 Å². The predicted molar refractivity (Wildman–Crippen MR) is 88.4 cm³/mol. The van der Waals surface area contributed by atoms with Gasteiger partial charge in [-0.25, -0.2) is 0 Å². The number of carbonyl (C=O) groups excluding carboxylic acids is 1. The molecule has 1 N–H and O–H groups in total. The number of nitrogens with one attached hydrogen (secondary N) is 1. The van der Waals surface area contributed by atoms with E-state index in [4.69, 9.17) is 26.3 Å². The molecule has 0 unspecified atom stereocenters. The highest BCUT2D eigenvalue weighted by atomic mass is 35.5. The summed E-state index contributed by atoms with van der Waals surface area (Å²) in [6.45, 7) is 1.20. The van der Waals surface area contributed by atoms with Gasteiger partial charge in [0.05, 0.1) is 29.9 Å². The largest absolute Gasteiger partial charge is 0.382 e. The zero-order valence-corrected chi connectivity index (χ0v) is 13.9. The minimum atomic E-state index is -0.00769. The molecule has 0 spiro atoms. The van der Waals surface area contributed by atoms with Crippen LogP contribution in [0.2, 0.25) is 5.02 Å². The van der Waals surface area contributed by atoms with Crippen molar-refractivity contribution < 1.29 is 14.3 Å². The summed E-state index contributed by atoms with van der Waals surface area (Å²) >= 11 is 5.98. The van der Waals surface area contributed by atoms with Crippen LogP contribution in [-0.4, -0.2) is 32.3 Å². The number of amides is 1. The third-order valence-corrected chi connectivity index (χ3v) is 4.36. The summed E-state index contributed by atoms with van der Waals surface area (Å²) in [5.74, 6) is -0.00666. The number of hydrogen-bond acceptors (Lipinski definition) is 4. The van der Waals surface area contributed by atoms with E-state index in [0.29, 0.717) is 29.5 Å². The average Bonchev–Trinajstić information content (AvgIpc) is 2.56. The lowest BCUT2D eigenvalue weighted by Gasteiger charge is -2.27. The van der Waals surface area contributed by atoms with Crippen molar-refractivity contribution in [3.8, 4) is 6.07 Å². The van der Waals surface area contributed by atoms with Gasteiger partial charge in [-0.05, 0) is 43.9 Å². The fraction of sp³-hybridized carbons (Fsp3) is 0.529. The average molecular weight is 337 g/mol. The number of nitriles is 1. The molecule has 5 nitrogen and oxygen atoms in total. The van der Waals surface area contributed by atoms with Gasteiger partial charge in [-0.15, -0.1) is 0 Å². The number of halogens is 1. The number of anilines is 1. The van der Waals surface area contributed by atoms with Crippen molar-refractivity contribution in [1.29, 1.82) is 5.26 Å². The maximum absolute atomic E-state index is 12.3. The topological polar surface area (TPSA) is 71.3 Å². The maximum Gasteiger partial charge on any atom is 0.227 e. The molecular formula is C17H21ClN2O3. The molecule has 0 heterocycles. The van der Waals surface area contributed by atoms with Gasteiger partial charge in [0.1, 0.15) is 6.07 Å². The van der Waals surface area contributed by atoms with Gasteiger partial charge in [-0.2, -0.15) is 5.26 Å². The molecule has 0 aliphatic heterocycles. The molecule has 6 heteroatoms. The number of ether oxygens (including phenoxy) is 2. The van der Waals surface area contributed by atoms with E-state index < -0.39 is 0 Å². The number of rotatable bonds is 6. The molecule has 0 saturated heterocycles. The third-order valence-electron chi connectivity index (χ3n) is 4.04. The first-order valence-electron chi connectivity index (χ1n) is 7.75. The summed E-state index contributed by atoms with van der Waals surface area (Å²) in [6.07, 6.45) is 3.62. The van der Waals surface area contributed by atoms with Gasteiger partial charge in [0.15, 0.2) is 0 Å². The van der Waals surface area contributed by atoms with Crippen LogP contribution < -0.4 is 5.32 Å². The number of methoxy groups -OCH3 is 1. The van der Waals surface area contributed by atoms with E-state index in [1.165, 1.54) is 0 Å². The van der Waals surface area contributed by atoms with Gasteiger partial charge in [0.2, 0.25) is 5.91 Å². The molecule has 0 aromatic heterocycles. The van der Waals surface area contributed by atoms with E-state index in [0.717, 1.165) is 25.7 Å². The number of carbonyl (C=O) groups is 1. The lowest BCUT2D eigenvalue weighted by Crippen LogP contribution is -2.30. The Kier molecular flexibility index (Phi) is 6.85. The molecule has 0 bridgehead atoms. The third kappa shape index (κ3) is 5.21. The van der Waals surface area contributed by atoms with Crippen LogP contribution in [-0.2, 0) is 14.3 Å². The zero-order valence-electron chi connectivity index (χ0n) is 13.2. The summed E-state index contributed by atoms with van der Waals surface area (Å²) in [5.41, 5.74) is 1.02. The van der Waals surface area contributed by atoms with E-state index in [-0.39, 0.29) is 17.9 Å². The van der Waals surface area contributed by atoms with E-state index in [1.54, 1.807) is 25.3 Å². The molecule has 124 valence electrons. The second-order valence-electron chi connectivity index (χ2n) is 5.63. The van der Waals surface area contributed by atoms with Gasteiger partial charge in [-0.3, -0.25) is 4.79 Å². The second kappa shape index (κ2) is 8.88. The smallest absolute Gasteiger partial charge is 0.227 e. The van der Waals surface area contributed by atoms with Crippen molar-refractivity contribution in [3.63, 3.8) is 0 Å². The lowest BCUT2D eigenvalue weighted by atomic mass is 9.86. The summed E-state index contributed by atoms with van der Waals surface area (Å²) in [7, 11) is 1.65. The normalized spacial score (nSPS) is 20.7. The van der Waals surface area contributed by atoms with Crippen molar-refractivity contribution in [2.24, 2.45) is 5.92 Å². The first kappa shape index (κ1) is 17.7. The Morgan fingerprint density at radius 1 is 1.35 bits per heavy atom. The molecule has 23 heavy (non-hydrogen) atoms. The molecule has 0 atom stereocenters. The van der Waals surface area contributed by atoms with E-state index in [1.807, 2.05) is 6.07 Å². The Morgan fingerprint density at radius 3 is 2.70 bits per heavy atom. The van der Waals surface area contributed by atoms with Crippen molar-refractivity contribution in [2.45, 2.75) is 31.8 Å². The molecule has 2 rings (SSSR count). The second-order valence-corrected chi connectivity index (χ2v) is 6.04. The number of benzene rings is 1. The molecule has 1 aliphatic carbocycles. The lowest BCUT2D eigenvalue weighted by molar-refractivity contribution is -0.121. The van der Waals surface area contributed by atoms with Crippen molar-refractivity contribution >= 4 is 23.2 Å². The van der Waals surface area contributed by atoms with Crippen LogP contribution in [0.25, 0.3) is 0 Å². The molecule has 1 aliphatic rings. The van der Waals surface area contributed by atoms with Gasteiger partial charge in [-0.1, -0.05) is 11.6 Å². The zero-order chi connectivity index (χ0) is 16.7. The van der Waals surface area contributed by atoms with Crippen molar-refractivity contribution in [2.75, 3.05) is 25.6 Å². The van der Waals surface area contributed by atoms with Crippen molar-refractivity contribution in [1.82, 2.24) is 0 Å². The van der Waals surface area contributed by atoms with E-state index in [2.05, 4.69) is 5.32 Å². The van der Waals surface area contributed by atoms with Gasteiger partial charge in [0, 0.05) is 18.7 Å². The Hall–Kier alpha value is -1.61. The van der Waals surface area contributed by atoms with Crippen LogP contribution in [0.4, 0.5) is 5.69 Å². The quantitative estimate of drug-likeness (QED) is 0.808.